The van der Waals surface area contributed by atoms with Gasteiger partial charge in [-0.2, -0.15) is 0 Å². The van der Waals surface area contributed by atoms with Crippen LogP contribution in [-0.2, 0) is 4.79 Å². The summed E-state index contributed by atoms with van der Waals surface area (Å²) in [6.07, 6.45) is 2.97. The Balaban J connectivity index is 1.73. The summed E-state index contributed by atoms with van der Waals surface area (Å²) >= 11 is 0. The predicted molar refractivity (Wildman–Crippen MR) is 61.9 cm³/mol. The molecule has 1 saturated heterocycles. The van der Waals surface area contributed by atoms with Crippen LogP contribution in [0.5, 0.6) is 0 Å². The van der Waals surface area contributed by atoms with Crippen molar-refractivity contribution in [2.75, 3.05) is 19.6 Å². The Kier molecular flexibility index (Phi) is 2.73. The molecule has 0 atom stereocenters. The molecule has 2 heterocycles. The maximum atomic E-state index is 12.2. The van der Waals surface area contributed by atoms with Crippen LogP contribution >= 0.6 is 0 Å². The third-order valence-corrected chi connectivity index (χ3v) is 3.21. The van der Waals surface area contributed by atoms with E-state index in [1.54, 1.807) is 0 Å². The minimum absolute atomic E-state index is 0.0894. The van der Waals surface area contributed by atoms with E-state index in [-0.39, 0.29) is 24.2 Å². The van der Waals surface area contributed by atoms with Gasteiger partial charge in [0.15, 0.2) is 0 Å². The first-order chi connectivity index (χ1) is 8.74. The molecule has 7 nitrogen and oxygen atoms in total. The van der Waals surface area contributed by atoms with Gasteiger partial charge in [0, 0.05) is 19.0 Å². The van der Waals surface area contributed by atoms with Gasteiger partial charge in [0.25, 0.3) is 5.91 Å². The van der Waals surface area contributed by atoms with Crippen LogP contribution in [-0.4, -0.2) is 51.5 Å². The van der Waals surface area contributed by atoms with E-state index in [0.717, 1.165) is 25.1 Å². The first-order valence-electron chi connectivity index (χ1n) is 6.22. The molecule has 0 radical (unpaired) electrons. The second kappa shape index (κ2) is 4.40. The molecule has 1 saturated carbocycles. The van der Waals surface area contributed by atoms with E-state index in [1.165, 1.54) is 4.90 Å². The highest BCUT2D eigenvalue weighted by atomic mass is 16.2. The van der Waals surface area contributed by atoms with Crippen LogP contribution in [0.15, 0.2) is 0 Å². The summed E-state index contributed by atoms with van der Waals surface area (Å²) in [5, 5.41) is 9.49. The average molecular weight is 249 g/mol. The van der Waals surface area contributed by atoms with Gasteiger partial charge in [0.2, 0.25) is 11.7 Å². The molecule has 18 heavy (non-hydrogen) atoms. The Bertz CT molecular complexity index is 480. The van der Waals surface area contributed by atoms with Crippen LogP contribution in [0, 0.1) is 0 Å². The van der Waals surface area contributed by atoms with E-state index in [9.17, 15) is 9.59 Å². The van der Waals surface area contributed by atoms with Crippen LogP contribution in [0.2, 0.25) is 0 Å². The largest absolute Gasteiger partial charge is 0.354 e. The number of carbonyl (C=O) groups excluding carboxylic acids is 2. The van der Waals surface area contributed by atoms with Crippen molar-refractivity contribution in [3.63, 3.8) is 0 Å². The lowest BCUT2D eigenvalue weighted by atomic mass is 10.3. The Labute approximate surface area is 104 Å². The molecule has 1 aliphatic heterocycles. The Morgan fingerprint density at radius 1 is 1.39 bits per heavy atom. The average Bonchev–Trinajstić information content (AvgIpc) is 3.13. The smallest absolute Gasteiger partial charge is 0.293 e. The maximum Gasteiger partial charge on any atom is 0.293 e. The summed E-state index contributed by atoms with van der Waals surface area (Å²) < 4.78 is 0. The number of aromatic nitrogens is 3. The number of nitrogens with one attached hydrogen (secondary N) is 2. The van der Waals surface area contributed by atoms with Crippen molar-refractivity contribution < 1.29 is 9.59 Å². The van der Waals surface area contributed by atoms with Crippen molar-refractivity contribution in [3.05, 3.63) is 11.6 Å². The number of H-pyrrole nitrogens is 1. The fourth-order valence-corrected chi connectivity index (χ4v) is 2.03. The van der Waals surface area contributed by atoms with Crippen LogP contribution in [0.3, 0.4) is 0 Å². The van der Waals surface area contributed by atoms with E-state index in [4.69, 9.17) is 0 Å². The van der Waals surface area contributed by atoms with Crippen LogP contribution in [0.1, 0.15) is 41.6 Å². The van der Waals surface area contributed by atoms with Gasteiger partial charge in [-0.25, -0.2) is 4.98 Å². The third kappa shape index (κ3) is 2.20. The van der Waals surface area contributed by atoms with Crippen LogP contribution < -0.4 is 5.32 Å². The number of aromatic amines is 1. The fraction of sp³-hybridized carbons (Fsp3) is 0.636. The first-order valence-corrected chi connectivity index (χ1v) is 6.22. The van der Waals surface area contributed by atoms with Gasteiger partial charge in [0.1, 0.15) is 5.82 Å². The molecule has 1 aromatic heterocycles. The highest BCUT2D eigenvalue weighted by Crippen LogP contribution is 2.37. The lowest BCUT2D eigenvalue weighted by Crippen LogP contribution is -2.37. The number of hydrogen-bond acceptors (Lipinski definition) is 4. The molecule has 2 aliphatic rings. The Hall–Kier alpha value is -1.92. The normalized spacial score (nSPS) is 20.4. The van der Waals surface area contributed by atoms with Crippen molar-refractivity contribution in [2.45, 2.75) is 25.2 Å². The van der Waals surface area contributed by atoms with Crippen molar-refractivity contribution in [1.29, 1.82) is 0 Å². The van der Waals surface area contributed by atoms with Crippen molar-refractivity contribution in [2.24, 2.45) is 0 Å². The minimum Gasteiger partial charge on any atom is -0.354 e. The Morgan fingerprint density at radius 3 is 3.00 bits per heavy atom. The molecule has 7 heteroatoms. The summed E-state index contributed by atoms with van der Waals surface area (Å²) in [4.78, 5) is 29.3. The predicted octanol–water partition coefficient (Wildman–Crippen LogP) is -0.356. The molecular formula is C11H15N5O2. The zero-order chi connectivity index (χ0) is 12.5. The summed E-state index contributed by atoms with van der Waals surface area (Å²) in [7, 11) is 0. The minimum atomic E-state index is -0.268. The standard InChI is InChI=1S/C11H15N5O2/c17-8-6-16(5-1-4-12-8)11(18)10-13-9(14-15-10)7-2-3-7/h7H,1-6H2,(H,12,17)(H,13,14,15). The van der Waals surface area contributed by atoms with Gasteiger partial charge in [-0.3, -0.25) is 14.7 Å². The molecule has 3 rings (SSSR count). The highest BCUT2D eigenvalue weighted by molar-refractivity contribution is 5.93. The molecular weight excluding hydrogens is 234 g/mol. The quantitative estimate of drug-likeness (QED) is 0.749. The number of rotatable bonds is 2. The maximum absolute atomic E-state index is 12.2. The van der Waals surface area contributed by atoms with E-state index in [0.29, 0.717) is 19.0 Å². The number of hydrogen-bond donors (Lipinski definition) is 2. The molecule has 1 aliphatic carbocycles. The molecule has 2 N–H and O–H groups in total. The van der Waals surface area contributed by atoms with Gasteiger partial charge >= 0.3 is 0 Å². The molecule has 0 spiro atoms. The number of carbonyl (C=O) groups is 2. The van der Waals surface area contributed by atoms with Gasteiger partial charge in [-0.05, 0) is 19.3 Å². The van der Waals surface area contributed by atoms with Crippen molar-refractivity contribution in [1.82, 2.24) is 25.4 Å². The van der Waals surface area contributed by atoms with Gasteiger partial charge < -0.3 is 10.2 Å². The summed E-state index contributed by atoms with van der Waals surface area (Å²) in [6.45, 7) is 1.26. The van der Waals surface area contributed by atoms with E-state index in [1.807, 2.05) is 0 Å². The van der Waals surface area contributed by atoms with Gasteiger partial charge in [-0.15, -0.1) is 5.10 Å². The topological polar surface area (TPSA) is 91.0 Å². The second-order valence-corrected chi connectivity index (χ2v) is 4.75. The molecule has 1 aromatic rings. The summed E-state index contributed by atoms with van der Waals surface area (Å²) in [5.41, 5.74) is 0. The summed E-state index contributed by atoms with van der Waals surface area (Å²) in [5.74, 6) is 1.00. The number of nitrogens with zero attached hydrogens (tertiary/aromatic N) is 3. The molecule has 0 aromatic carbocycles. The van der Waals surface area contributed by atoms with Crippen LogP contribution in [0.4, 0.5) is 0 Å². The lowest BCUT2D eigenvalue weighted by Gasteiger charge is -2.16. The van der Waals surface area contributed by atoms with Crippen molar-refractivity contribution >= 4 is 11.8 Å². The fourth-order valence-electron chi connectivity index (χ4n) is 2.03. The van der Waals surface area contributed by atoms with Gasteiger partial charge in [-0.1, -0.05) is 0 Å². The molecule has 2 fully saturated rings. The summed E-state index contributed by atoms with van der Waals surface area (Å²) in [6, 6.07) is 0. The van der Waals surface area contributed by atoms with Crippen molar-refractivity contribution in [3.8, 4) is 0 Å². The SMILES string of the molecule is O=C1CN(C(=O)c2n[nH]c(C3CC3)n2)CCCN1. The zero-order valence-corrected chi connectivity index (χ0v) is 9.98. The van der Waals surface area contributed by atoms with Gasteiger partial charge in [0.05, 0.1) is 6.54 Å². The van der Waals surface area contributed by atoms with Crippen LogP contribution in [0.25, 0.3) is 0 Å². The molecule has 96 valence electrons. The van der Waals surface area contributed by atoms with E-state index < -0.39 is 0 Å². The monoisotopic (exact) mass is 249 g/mol. The number of amides is 2. The lowest BCUT2D eigenvalue weighted by molar-refractivity contribution is -0.121. The third-order valence-electron chi connectivity index (χ3n) is 3.21. The second-order valence-electron chi connectivity index (χ2n) is 4.75. The van der Waals surface area contributed by atoms with E-state index >= 15 is 0 Å². The first kappa shape index (κ1) is 11.2. The Morgan fingerprint density at radius 2 is 2.22 bits per heavy atom. The molecule has 2 amide bonds. The molecule has 0 unspecified atom stereocenters. The highest BCUT2D eigenvalue weighted by Gasteiger charge is 2.30. The zero-order valence-electron chi connectivity index (χ0n) is 9.98. The van der Waals surface area contributed by atoms with E-state index in [2.05, 4.69) is 20.5 Å². The molecule has 0 bridgehead atoms.